The molecule has 1 N–H and O–H groups in total. The van der Waals surface area contributed by atoms with Gasteiger partial charge in [-0.05, 0) is 42.8 Å². The minimum atomic E-state index is -0.126. The Morgan fingerprint density at radius 2 is 1.66 bits per heavy atom. The van der Waals surface area contributed by atoms with Crippen LogP contribution in [0.5, 0.6) is 0 Å². The van der Waals surface area contributed by atoms with Crippen LogP contribution in [0.15, 0.2) is 83.8 Å². The fourth-order valence-corrected chi connectivity index (χ4v) is 3.76. The Balaban J connectivity index is 1.65. The van der Waals surface area contributed by atoms with Gasteiger partial charge in [-0.1, -0.05) is 36.4 Å². The zero-order chi connectivity index (χ0) is 19.8. The molecule has 2 aromatic heterocycles. The van der Waals surface area contributed by atoms with Crippen LogP contribution in [-0.2, 0) is 6.42 Å². The number of H-pyrrole nitrogens is 1. The molecule has 0 fully saturated rings. The monoisotopic (exact) mass is 382 g/mol. The number of amides is 1. The third-order valence-electron chi connectivity index (χ3n) is 5.16. The number of carbonyl (C=O) groups is 1. The van der Waals surface area contributed by atoms with E-state index in [-0.39, 0.29) is 11.5 Å². The predicted molar refractivity (Wildman–Crippen MR) is 111 cm³/mol. The molecule has 0 unspecified atom stereocenters. The number of aromatic amines is 1. The molecule has 2 aromatic carbocycles. The van der Waals surface area contributed by atoms with Crippen LogP contribution in [0.4, 0.5) is 5.82 Å². The summed E-state index contributed by atoms with van der Waals surface area (Å²) >= 11 is 0. The molecule has 29 heavy (non-hydrogen) atoms. The molecule has 0 aliphatic carbocycles. The Hall–Kier alpha value is -3.93. The summed E-state index contributed by atoms with van der Waals surface area (Å²) in [5, 5.41) is 3.24. The quantitative estimate of drug-likeness (QED) is 0.577. The van der Waals surface area contributed by atoms with Crippen molar-refractivity contribution in [2.24, 2.45) is 0 Å². The van der Waals surface area contributed by atoms with Crippen molar-refractivity contribution < 1.29 is 4.79 Å². The normalized spacial score (nSPS) is 12.8. The molecule has 6 heteroatoms. The lowest BCUT2D eigenvalue weighted by Gasteiger charge is -2.21. The smallest absolute Gasteiger partial charge is 0.275 e. The molecular formula is C23H18N4O2. The van der Waals surface area contributed by atoms with Crippen molar-refractivity contribution in [1.82, 2.24) is 14.8 Å². The highest BCUT2D eigenvalue weighted by Gasteiger charge is 2.29. The summed E-state index contributed by atoms with van der Waals surface area (Å²) < 4.78 is 1.55. The molecule has 0 saturated carbocycles. The van der Waals surface area contributed by atoms with E-state index in [2.05, 4.69) is 10.1 Å². The first-order valence-corrected chi connectivity index (χ1v) is 9.45. The number of pyridine rings is 1. The van der Waals surface area contributed by atoms with Crippen molar-refractivity contribution in [3.8, 4) is 16.9 Å². The van der Waals surface area contributed by atoms with E-state index in [0.717, 1.165) is 11.3 Å². The second kappa shape index (κ2) is 6.91. The fraction of sp³-hybridized carbons (Fsp3) is 0.0870. The number of aromatic nitrogens is 3. The van der Waals surface area contributed by atoms with Gasteiger partial charge in [-0.25, -0.2) is 9.67 Å². The Morgan fingerprint density at radius 3 is 2.41 bits per heavy atom. The van der Waals surface area contributed by atoms with Gasteiger partial charge in [0.1, 0.15) is 5.82 Å². The summed E-state index contributed by atoms with van der Waals surface area (Å²) in [6.45, 7) is 0.382. The lowest BCUT2D eigenvalue weighted by atomic mass is 10.1. The number of para-hydroxylation sites is 1. The Bertz CT molecular complexity index is 1240. The van der Waals surface area contributed by atoms with Crippen LogP contribution < -0.4 is 10.5 Å². The van der Waals surface area contributed by atoms with E-state index >= 15 is 0 Å². The highest BCUT2D eigenvalue weighted by molar-refractivity contribution is 6.07. The van der Waals surface area contributed by atoms with E-state index in [1.807, 2.05) is 60.7 Å². The number of nitrogens with zero attached hydrogens (tertiary/aromatic N) is 3. The molecular weight excluding hydrogens is 364 g/mol. The first kappa shape index (κ1) is 17.2. The summed E-state index contributed by atoms with van der Waals surface area (Å²) in [7, 11) is 0. The summed E-state index contributed by atoms with van der Waals surface area (Å²) in [5.41, 5.74) is 3.38. The Morgan fingerprint density at radius 1 is 0.931 bits per heavy atom. The maximum Gasteiger partial charge on any atom is 0.275 e. The van der Waals surface area contributed by atoms with Gasteiger partial charge in [0.15, 0.2) is 0 Å². The number of hydrogen-bond acceptors (Lipinski definition) is 3. The SMILES string of the molecule is O=C(c1ccccc1)N1CCc2c([nH]n(-c3ccccc3)c2=O)-c2cccnc21. The molecule has 1 amide bonds. The molecule has 1 aliphatic heterocycles. The Kier molecular flexibility index (Phi) is 4.09. The second-order valence-corrected chi connectivity index (χ2v) is 6.89. The zero-order valence-electron chi connectivity index (χ0n) is 15.6. The molecule has 0 radical (unpaired) electrons. The summed E-state index contributed by atoms with van der Waals surface area (Å²) in [6.07, 6.45) is 2.11. The highest BCUT2D eigenvalue weighted by atomic mass is 16.2. The van der Waals surface area contributed by atoms with Crippen molar-refractivity contribution in [2.45, 2.75) is 6.42 Å². The number of carbonyl (C=O) groups excluding carboxylic acids is 1. The van der Waals surface area contributed by atoms with E-state index in [0.29, 0.717) is 35.6 Å². The average molecular weight is 382 g/mol. The zero-order valence-corrected chi connectivity index (χ0v) is 15.6. The molecule has 0 atom stereocenters. The van der Waals surface area contributed by atoms with Gasteiger partial charge < -0.3 is 0 Å². The van der Waals surface area contributed by atoms with Gasteiger partial charge >= 0.3 is 0 Å². The third kappa shape index (κ3) is 2.86. The van der Waals surface area contributed by atoms with Crippen molar-refractivity contribution in [3.05, 3.63) is 100 Å². The number of nitrogens with one attached hydrogen (secondary N) is 1. The van der Waals surface area contributed by atoms with Gasteiger partial charge in [-0.3, -0.25) is 19.6 Å². The molecule has 0 bridgehead atoms. The Labute approximate surface area is 167 Å². The minimum absolute atomic E-state index is 0.102. The lowest BCUT2D eigenvalue weighted by Crippen LogP contribution is -2.34. The van der Waals surface area contributed by atoms with Gasteiger partial charge in [0.05, 0.1) is 11.4 Å². The molecule has 5 rings (SSSR count). The van der Waals surface area contributed by atoms with Crippen molar-refractivity contribution in [1.29, 1.82) is 0 Å². The summed E-state index contributed by atoms with van der Waals surface area (Å²) in [4.78, 5) is 32.4. The van der Waals surface area contributed by atoms with Crippen LogP contribution in [0, 0.1) is 0 Å². The molecule has 4 aromatic rings. The van der Waals surface area contributed by atoms with Crippen LogP contribution in [-0.4, -0.2) is 27.2 Å². The topological polar surface area (TPSA) is 71.0 Å². The van der Waals surface area contributed by atoms with Crippen molar-refractivity contribution >= 4 is 11.7 Å². The van der Waals surface area contributed by atoms with Gasteiger partial charge in [-0.15, -0.1) is 0 Å². The second-order valence-electron chi connectivity index (χ2n) is 6.89. The van der Waals surface area contributed by atoms with Gasteiger partial charge in [0, 0.05) is 29.4 Å². The van der Waals surface area contributed by atoms with Crippen LogP contribution in [0.2, 0.25) is 0 Å². The predicted octanol–water partition coefficient (Wildman–Crippen LogP) is 3.43. The van der Waals surface area contributed by atoms with Crippen LogP contribution in [0.1, 0.15) is 15.9 Å². The number of fused-ring (bicyclic) bond motifs is 3. The fourth-order valence-electron chi connectivity index (χ4n) is 3.76. The van der Waals surface area contributed by atoms with E-state index in [4.69, 9.17) is 0 Å². The first-order chi connectivity index (χ1) is 14.2. The largest absolute Gasteiger partial charge is 0.292 e. The molecule has 0 saturated heterocycles. The van der Waals surface area contributed by atoms with Crippen LogP contribution in [0.25, 0.3) is 16.9 Å². The van der Waals surface area contributed by atoms with E-state index in [9.17, 15) is 9.59 Å². The lowest BCUT2D eigenvalue weighted by molar-refractivity contribution is 0.0986. The van der Waals surface area contributed by atoms with Crippen LogP contribution in [0.3, 0.4) is 0 Å². The molecule has 6 nitrogen and oxygen atoms in total. The molecule has 142 valence electrons. The van der Waals surface area contributed by atoms with Crippen molar-refractivity contribution in [2.75, 3.05) is 11.4 Å². The van der Waals surface area contributed by atoms with E-state index in [1.54, 1.807) is 27.9 Å². The van der Waals surface area contributed by atoms with Gasteiger partial charge in [0.2, 0.25) is 0 Å². The molecule has 1 aliphatic rings. The van der Waals surface area contributed by atoms with Crippen molar-refractivity contribution in [3.63, 3.8) is 0 Å². The number of hydrogen-bond donors (Lipinski definition) is 1. The number of anilines is 1. The van der Waals surface area contributed by atoms with E-state index in [1.165, 1.54) is 0 Å². The summed E-state index contributed by atoms with van der Waals surface area (Å²) in [5.74, 6) is 0.431. The number of benzene rings is 2. The maximum absolute atomic E-state index is 13.2. The van der Waals surface area contributed by atoms with Gasteiger partial charge in [0.25, 0.3) is 11.5 Å². The van der Waals surface area contributed by atoms with Crippen LogP contribution >= 0.6 is 0 Å². The maximum atomic E-state index is 13.2. The number of rotatable bonds is 2. The van der Waals surface area contributed by atoms with Gasteiger partial charge in [-0.2, -0.15) is 0 Å². The first-order valence-electron chi connectivity index (χ1n) is 9.45. The molecule has 3 heterocycles. The third-order valence-corrected chi connectivity index (χ3v) is 5.16. The van der Waals surface area contributed by atoms with E-state index < -0.39 is 0 Å². The highest BCUT2D eigenvalue weighted by Crippen LogP contribution is 2.33. The summed E-state index contributed by atoms with van der Waals surface area (Å²) in [6, 6.07) is 22.3. The molecule has 0 spiro atoms. The standard InChI is InChI=1S/C23H18N4O2/c28-22(16-8-3-1-4-9-16)26-15-13-19-20(18-12-7-14-24-21(18)26)25-27(23(19)29)17-10-5-2-6-11-17/h1-12,14,25H,13,15H2. The average Bonchev–Trinajstić information content (AvgIpc) is 3.01. The minimum Gasteiger partial charge on any atom is -0.292 e.